The zero-order chi connectivity index (χ0) is 23.0. The molecule has 0 radical (unpaired) electrons. The minimum Gasteiger partial charge on any atom is -0.505 e. The predicted molar refractivity (Wildman–Crippen MR) is 129 cm³/mol. The Labute approximate surface area is 191 Å². The Hall–Kier alpha value is -4.25. The summed E-state index contributed by atoms with van der Waals surface area (Å²) in [5, 5.41) is 20.3. The number of nitrogens with zero attached hydrogens (tertiary/aromatic N) is 3. The van der Waals surface area contributed by atoms with Gasteiger partial charge in [-0.15, -0.1) is 15.0 Å². The summed E-state index contributed by atoms with van der Waals surface area (Å²) in [7, 11) is 0. The fourth-order valence-electron chi connectivity index (χ4n) is 4.04. The molecule has 1 heterocycles. The van der Waals surface area contributed by atoms with Gasteiger partial charge in [0.05, 0.1) is 5.56 Å². The van der Waals surface area contributed by atoms with Crippen LogP contribution in [0.5, 0.6) is 5.75 Å². The number of benzene rings is 4. The molecule has 0 aliphatic heterocycles. The molecule has 0 unspecified atom stereocenters. The number of phenolic OH excluding ortho intramolecular Hbond substituents is 1. The number of ketones is 1. The number of aromatic nitrogens is 3. The lowest BCUT2D eigenvalue weighted by molar-refractivity contribution is 0.103. The lowest BCUT2D eigenvalue weighted by Crippen LogP contribution is -2.20. The van der Waals surface area contributed by atoms with Gasteiger partial charge in [0, 0.05) is 11.0 Å². The van der Waals surface area contributed by atoms with Crippen molar-refractivity contribution in [3.63, 3.8) is 0 Å². The van der Waals surface area contributed by atoms with Crippen LogP contribution in [0.2, 0.25) is 0 Å². The van der Waals surface area contributed by atoms with Gasteiger partial charge in [0.25, 0.3) is 0 Å². The second kappa shape index (κ2) is 8.02. The second-order valence-electron chi connectivity index (χ2n) is 8.56. The first kappa shape index (κ1) is 20.6. The van der Waals surface area contributed by atoms with Gasteiger partial charge in [-0.2, -0.15) is 0 Å². The molecule has 0 fully saturated rings. The Kier molecular flexibility index (Phi) is 5.02. The van der Waals surface area contributed by atoms with Gasteiger partial charge in [-0.05, 0) is 35.4 Å². The topological polar surface area (TPSA) is 68.0 Å². The molecule has 162 valence electrons. The fraction of sp³-hybridized carbons (Fsp3) is 0.107. The Bertz CT molecular complexity index is 1420. The lowest BCUT2D eigenvalue weighted by atomic mass is 9.77. The number of hydrogen-bond acceptors (Lipinski definition) is 4. The van der Waals surface area contributed by atoms with Gasteiger partial charge >= 0.3 is 0 Å². The Morgan fingerprint density at radius 3 is 1.91 bits per heavy atom. The van der Waals surface area contributed by atoms with Crippen LogP contribution in [0.25, 0.3) is 16.7 Å². The summed E-state index contributed by atoms with van der Waals surface area (Å²) in [6.45, 7) is 4.20. The quantitative estimate of drug-likeness (QED) is 0.362. The Morgan fingerprint density at radius 1 is 0.758 bits per heavy atom. The molecule has 0 saturated carbocycles. The van der Waals surface area contributed by atoms with Gasteiger partial charge in [-0.3, -0.25) is 4.79 Å². The molecule has 0 spiro atoms. The van der Waals surface area contributed by atoms with Crippen molar-refractivity contribution < 1.29 is 9.90 Å². The first-order chi connectivity index (χ1) is 15.9. The summed E-state index contributed by atoms with van der Waals surface area (Å²) in [5.41, 5.74) is 4.06. The van der Waals surface area contributed by atoms with Gasteiger partial charge in [0.2, 0.25) is 0 Å². The van der Waals surface area contributed by atoms with E-state index in [1.165, 1.54) is 4.80 Å². The lowest BCUT2D eigenvalue weighted by Gasteiger charge is -2.27. The highest BCUT2D eigenvalue weighted by Gasteiger charge is 2.28. The number of carbonyl (C=O) groups excluding carboxylic acids is 1. The molecule has 1 N–H and O–H groups in total. The van der Waals surface area contributed by atoms with E-state index in [1.807, 2.05) is 66.7 Å². The van der Waals surface area contributed by atoms with Gasteiger partial charge in [-0.1, -0.05) is 86.6 Å². The highest BCUT2D eigenvalue weighted by atomic mass is 16.3. The average molecular weight is 434 g/mol. The van der Waals surface area contributed by atoms with E-state index < -0.39 is 5.41 Å². The molecule has 0 amide bonds. The normalized spacial score (nSPS) is 11.6. The summed E-state index contributed by atoms with van der Waals surface area (Å²) in [6, 6.07) is 30.2. The Balaban J connectivity index is 1.75. The fourth-order valence-corrected chi connectivity index (χ4v) is 4.04. The van der Waals surface area contributed by atoms with Crippen molar-refractivity contribution in [1.29, 1.82) is 0 Å². The molecule has 0 aliphatic rings. The number of phenols is 1. The third-order valence-corrected chi connectivity index (χ3v) is 6.09. The van der Waals surface area contributed by atoms with Crippen LogP contribution in [0.1, 0.15) is 40.9 Å². The molecular formula is C28H23N3O2. The summed E-state index contributed by atoms with van der Waals surface area (Å²) >= 11 is 0. The van der Waals surface area contributed by atoms with E-state index in [9.17, 15) is 9.90 Å². The van der Waals surface area contributed by atoms with Gasteiger partial charge < -0.3 is 5.11 Å². The maximum absolute atomic E-state index is 13.4. The SMILES string of the molecule is CC(C)(c1ccccc1)c1cc(C(=O)c2ccccc2)c(O)c(-n2nc3ccccc3n2)c1. The number of fused-ring (bicyclic) bond motifs is 1. The van der Waals surface area contributed by atoms with Crippen molar-refractivity contribution in [3.05, 3.63) is 119 Å². The average Bonchev–Trinajstić information content (AvgIpc) is 3.29. The molecule has 1 aromatic heterocycles. The van der Waals surface area contributed by atoms with E-state index in [-0.39, 0.29) is 17.1 Å². The molecule has 33 heavy (non-hydrogen) atoms. The van der Waals surface area contributed by atoms with Crippen LogP contribution in [0, 0.1) is 0 Å². The minimum atomic E-state index is -0.429. The Morgan fingerprint density at radius 2 is 1.30 bits per heavy atom. The highest BCUT2D eigenvalue weighted by molar-refractivity contribution is 6.11. The van der Waals surface area contributed by atoms with E-state index in [0.717, 1.165) is 11.1 Å². The van der Waals surface area contributed by atoms with Crippen LogP contribution >= 0.6 is 0 Å². The minimum absolute atomic E-state index is 0.142. The molecule has 0 saturated heterocycles. The van der Waals surface area contributed by atoms with Crippen LogP contribution in [0.15, 0.2) is 97.1 Å². The molecule has 5 nitrogen and oxygen atoms in total. The van der Waals surface area contributed by atoms with Crippen LogP contribution in [-0.4, -0.2) is 25.9 Å². The number of aromatic hydroxyl groups is 1. The second-order valence-corrected chi connectivity index (χ2v) is 8.56. The van der Waals surface area contributed by atoms with Crippen molar-refractivity contribution in [3.8, 4) is 11.4 Å². The molecule has 5 heteroatoms. The summed E-state index contributed by atoms with van der Waals surface area (Å²) in [5.74, 6) is -0.395. The van der Waals surface area contributed by atoms with Gasteiger partial charge in [0.15, 0.2) is 11.5 Å². The van der Waals surface area contributed by atoms with Gasteiger partial charge in [0.1, 0.15) is 16.7 Å². The van der Waals surface area contributed by atoms with Crippen LogP contribution < -0.4 is 0 Å². The molecule has 0 bridgehead atoms. The van der Waals surface area contributed by atoms with Gasteiger partial charge in [-0.25, -0.2) is 0 Å². The van der Waals surface area contributed by atoms with Crippen molar-refractivity contribution in [2.75, 3.05) is 0 Å². The number of rotatable bonds is 5. The van der Waals surface area contributed by atoms with Crippen LogP contribution in [-0.2, 0) is 5.41 Å². The number of carbonyl (C=O) groups is 1. The van der Waals surface area contributed by atoms with Crippen molar-refractivity contribution in [2.24, 2.45) is 0 Å². The van der Waals surface area contributed by atoms with Crippen LogP contribution in [0.3, 0.4) is 0 Å². The van der Waals surface area contributed by atoms with Crippen molar-refractivity contribution >= 4 is 16.8 Å². The van der Waals surface area contributed by atoms with E-state index in [4.69, 9.17) is 0 Å². The maximum Gasteiger partial charge on any atom is 0.196 e. The van der Waals surface area contributed by atoms with Crippen molar-refractivity contribution in [1.82, 2.24) is 15.0 Å². The molecular weight excluding hydrogens is 410 g/mol. The number of hydrogen-bond donors (Lipinski definition) is 1. The van der Waals surface area contributed by atoms with Crippen molar-refractivity contribution in [2.45, 2.75) is 19.3 Å². The van der Waals surface area contributed by atoms with E-state index in [1.54, 1.807) is 18.2 Å². The summed E-state index contributed by atoms with van der Waals surface area (Å²) in [4.78, 5) is 14.8. The largest absolute Gasteiger partial charge is 0.505 e. The molecule has 0 atom stereocenters. The maximum atomic E-state index is 13.4. The zero-order valence-corrected chi connectivity index (χ0v) is 18.4. The van der Waals surface area contributed by atoms with Crippen LogP contribution in [0.4, 0.5) is 0 Å². The van der Waals surface area contributed by atoms with E-state index in [0.29, 0.717) is 22.3 Å². The monoisotopic (exact) mass is 433 g/mol. The highest BCUT2D eigenvalue weighted by Crippen LogP contribution is 2.38. The summed E-state index contributed by atoms with van der Waals surface area (Å²) in [6.07, 6.45) is 0. The molecule has 4 aromatic carbocycles. The molecule has 5 rings (SSSR count). The predicted octanol–water partition coefficient (Wildman–Crippen LogP) is 5.68. The smallest absolute Gasteiger partial charge is 0.196 e. The van der Waals surface area contributed by atoms with E-state index in [2.05, 4.69) is 36.2 Å². The van der Waals surface area contributed by atoms with E-state index >= 15 is 0 Å². The summed E-state index contributed by atoms with van der Waals surface area (Å²) < 4.78 is 0. The zero-order valence-electron chi connectivity index (χ0n) is 18.4. The third kappa shape index (κ3) is 3.68. The first-order valence-electron chi connectivity index (χ1n) is 10.8. The molecule has 5 aromatic rings. The first-order valence-corrected chi connectivity index (χ1v) is 10.8. The standard InChI is InChI=1S/C28H23N3O2/c1-28(2,20-13-7-4-8-14-20)21-17-22(26(32)19-11-5-3-6-12-19)27(33)25(18-21)31-29-23-15-9-10-16-24(23)30-31/h3-18,33H,1-2H3. The third-order valence-electron chi connectivity index (χ3n) is 6.09. The molecule has 0 aliphatic carbocycles.